The molecule has 0 saturated carbocycles. The van der Waals surface area contributed by atoms with E-state index in [1.165, 1.54) is 13.8 Å². The lowest BCUT2D eigenvalue weighted by molar-refractivity contribution is -0.148. The molecule has 0 aliphatic carbocycles. The number of rotatable bonds is 12. The molecular weight excluding hydrogens is 444 g/mol. The van der Waals surface area contributed by atoms with E-state index in [-0.39, 0.29) is 12.5 Å². The number of hydrogen-bond acceptors (Lipinski definition) is 7. The van der Waals surface area contributed by atoms with Gasteiger partial charge in [0.05, 0.1) is 18.8 Å². The molecule has 0 spiro atoms. The molecule has 0 aliphatic heterocycles. The number of benzene rings is 1. The predicted octanol–water partition coefficient (Wildman–Crippen LogP) is 0.517. The molecule has 1 rings (SSSR count). The monoisotopic (exact) mass is 480 g/mol. The Morgan fingerprint density at radius 3 is 1.88 bits per heavy atom. The fourth-order valence-electron chi connectivity index (χ4n) is 3.07. The number of ether oxygens (including phenoxy) is 1. The van der Waals surface area contributed by atoms with Gasteiger partial charge in [0.2, 0.25) is 11.8 Å². The molecule has 0 heterocycles. The van der Waals surface area contributed by atoms with Crippen LogP contribution >= 0.6 is 0 Å². The van der Waals surface area contributed by atoms with Gasteiger partial charge in [-0.15, -0.1) is 0 Å². The molecule has 11 nitrogen and oxygen atoms in total. The van der Waals surface area contributed by atoms with Crippen molar-refractivity contribution < 1.29 is 34.1 Å². The van der Waals surface area contributed by atoms with Crippen LogP contribution in [0.2, 0.25) is 0 Å². The highest BCUT2D eigenvalue weighted by atomic mass is 16.5. The molecule has 11 heteroatoms. The van der Waals surface area contributed by atoms with E-state index in [2.05, 4.69) is 21.3 Å². The number of anilines is 1. The second-order valence-corrected chi connectivity index (χ2v) is 8.35. The molecule has 0 aliphatic rings. The SMILES string of the molecule is CCOC(=O)[C@H](CC(C)C)NC(=O)[C@@H](NC(=O)[C@@H](NC(=O)Nc1ccccc1)[C@@H](C)O)[C@@H](C)O. The molecule has 6 N–H and O–H groups in total. The van der Waals surface area contributed by atoms with Gasteiger partial charge in [-0.3, -0.25) is 9.59 Å². The lowest BCUT2D eigenvalue weighted by Crippen LogP contribution is -2.61. The van der Waals surface area contributed by atoms with Crippen LogP contribution in [0, 0.1) is 5.92 Å². The summed E-state index contributed by atoms with van der Waals surface area (Å²) in [5.41, 5.74) is 0.473. The smallest absolute Gasteiger partial charge is 0.328 e. The molecule has 0 bridgehead atoms. The third kappa shape index (κ3) is 9.75. The standard InChI is InChI=1S/C23H36N4O7/c1-6-34-22(32)17(12-13(2)3)25-20(30)18(14(4)28)26-21(31)19(15(5)29)27-23(33)24-16-10-8-7-9-11-16/h7-11,13-15,17-19,28-29H,6,12H2,1-5H3,(H,25,30)(H,26,31)(H2,24,27,33)/t14-,15-,17+,18+,19+/m1/s1. The summed E-state index contributed by atoms with van der Waals surface area (Å²) in [6.45, 7) is 8.09. The van der Waals surface area contributed by atoms with Crippen LogP contribution in [0.1, 0.15) is 41.0 Å². The minimum Gasteiger partial charge on any atom is -0.464 e. The van der Waals surface area contributed by atoms with E-state index in [1.807, 2.05) is 13.8 Å². The lowest BCUT2D eigenvalue weighted by atomic mass is 10.0. The van der Waals surface area contributed by atoms with Crippen molar-refractivity contribution in [3.63, 3.8) is 0 Å². The van der Waals surface area contributed by atoms with Gasteiger partial charge in [0.1, 0.15) is 18.1 Å². The first-order valence-corrected chi connectivity index (χ1v) is 11.2. The number of aliphatic hydroxyl groups excluding tert-OH is 2. The topological polar surface area (TPSA) is 166 Å². The summed E-state index contributed by atoms with van der Waals surface area (Å²) in [5, 5.41) is 29.9. The summed E-state index contributed by atoms with van der Waals surface area (Å²) < 4.78 is 5.00. The van der Waals surface area contributed by atoms with E-state index in [0.29, 0.717) is 12.1 Å². The third-order valence-corrected chi connectivity index (χ3v) is 4.74. The van der Waals surface area contributed by atoms with Crippen LogP contribution in [0.25, 0.3) is 0 Å². The van der Waals surface area contributed by atoms with E-state index in [0.717, 1.165) is 0 Å². The van der Waals surface area contributed by atoms with Crippen molar-refractivity contribution in [3.8, 4) is 0 Å². The van der Waals surface area contributed by atoms with Crippen molar-refractivity contribution in [2.24, 2.45) is 5.92 Å². The highest BCUT2D eigenvalue weighted by Crippen LogP contribution is 2.09. The summed E-state index contributed by atoms with van der Waals surface area (Å²) in [7, 11) is 0. The van der Waals surface area contributed by atoms with Crippen LogP contribution in [-0.2, 0) is 19.1 Å². The van der Waals surface area contributed by atoms with Crippen LogP contribution in [0.3, 0.4) is 0 Å². The van der Waals surface area contributed by atoms with Crippen LogP contribution in [0.15, 0.2) is 30.3 Å². The molecule has 0 fully saturated rings. The Morgan fingerprint density at radius 1 is 0.853 bits per heavy atom. The van der Waals surface area contributed by atoms with Crippen molar-refractivity contribution in [2.75, 3.05) is 11.9 Å². The molecule has 1 aromatic rings. The maximum absolute atomic E-state index is 12.8. The largest absolute Gasteiger partial charge is 0.464 e. The first-order valence-electron chi connectivity index (χ1n) is 11.2. The van der Waals surface area contributed by atoms with Crippen molar-refractivity contribution in [3.05, 3.63) is 30.3 Å². The zero-order valence-corrected chi connectivity index (χ0v) is 20.2. The second-order valence-electron chi connectivity index (χ2n) is 8.35. The van der Waals surface area contributed by atoms with Gasteiger partial charge >= 0.3 is 12.0 Å². The fourth-order valence-corrected chi connectivity index (χ4v) is 3.07. The Morgan fingerprint density at radius 2 is 1.38 bits per heavy atom. The van der Waals surface area contributed by atoms with Crippen molar-refractivity contribution in [1.82, 2.24) is 16.0 Å². The lowest BCUT2D eigenvalue weighted by Gasteiger charge is -2.27. The summed E-state index contributed by atoms with van der Waals surface area (Å²) in [6.07, 6.45) is -2.35. The molecule has 0 aromatic heterocycles. The Bertz CT molecular complexity index is 815. The summed E-state index contributed by atoms with van der Waals surface area (Å²) in [6, 6.07) is 3.89. The number of hydrogen-bond donors (Lipinski definition) is 6. The Hall–Kier alpha value is -3.18. The number of aliphatic hydroxyl groups is 2. The van der Waals surface area contributed by atoms with E-state index in [9.17, 15) is 29.4 Å². The van der Waals surface area contributed by atoms with Gasteiger partial charge in [-0.1, -0.05) is 32.0 Å². The van der Waals surface area contributed by atoms with E-state index < -0.39 is 54.1 Å². The number of carbonyl (C=O) groups excluding carboxylic acids is 4. The molecule has 34 heavy (non-hydrogen) atoms. The summed E-state index contributed by atoms with van der Waals surface area (Å²) in [4.78, 5) is 50.1. The van der Waals surface area contributed by atoms with E-state index in [1.54, 1.807) is 37.3 Å². The van der Waals surface area contributed by atoms with Crippen molar-refractivity contribution in [2.45, 2.75) is 71.4 Å². The minimum absolute atomic E-state index is 0.0567. The highest BCUT2D eigenvalue weighted by Gasteiger charge is 2.34. The van der Waals surface area contributed by atoms with Crippen LogP contribution < -0.4 is 21.3 Å². The molecule has 190 valence electrons. The van der Waals surface area contributed by atoms with Crippen LogP contribution in [-0.4, -0.2) is 71.0 Å². The van der Waals surface area contributed by atoms with Gasteiger partial charge < -0.3 is 36.2 Å². The van der Waals surface area contributed by atoms with E-state index in [4.69, 9.17) is 4.74 Å². The molecular formula is C23H36N4O7. The number of amides is 4. The number of carbonyl (C=O) groups is 4. The quantitative estimate of drug-likeness (QED) is 0.237. The molecule has 5 atom stereocenters. The molecule has 0 unspecified atom stereocenters. The predicted molar refractivity (Wildman–Crippen MR) is 126 cm³/mol. The first-order chi connectivity index (χ1) is 16.0. The van der Waals surface area contributed by atoms with Gasteiger partial charge in [0, 0.05) is 5.69 Å². The Kier molecular flexibility index (Phi) is 12.0. The fraction of sp³-hybridized carbons (Fsp3) is 0.565. The van der Waals surface area contributed by atoms with E-state index >= 15 is 0 Å². The van der Waals surface area contributed by atoms with Gasteiger partial charge in [0.15, 0.2) is 0 Å². The zero-order valence-electron chi connectivity index (χ0n) is 20.2. The number of urea groups is 1. The van der Waals surface area contributed by atoms with Crippen LogP contribution in [0.5, 0.6) is 0 Å². The number of nitrogens with one attached hydrogen (secondary N) is 4. The van der Waals surface area contributed by atoms with Gasteiger partial charge in [-0.2, -0.15) is 0 Å². The summed E-state index contributed by atoms with van der Waals surface area (Å²) >= 11 is 0. The second kappa shape index (κ2) is 14.2. The maximum Gasteiger partial charge on any atom is 0.328 e. The molecule has 0 saturated heterocycles. The van der Waals surface area contributed by atoms with Crippen molar-refractivity contribution >= 4 is 29.5 Å². The minimum atomic E-state index is -1.45. The van der Waals surface area contributed by atoms with Gasteiger partial charge in [-0.25, -0.2) is 9.59 Å². The first kappa shape index (κ1) is 28.9. The molecule has 0 radical (unpaired) electrons. The van der Waals surface area contributed by atoms with Crippen LogP contribution in [0.4, 0.5) is 10.5 Å². The zero-order chi connectivity index (χ0) is 25.8. The average molecular weight is 481 g/mol. The number of esters is 1. The average Bonchev–Trinajstić information content (AvgIpc) is 2.75. The highest BCUT2D eigenvalue weighted by molar-refractivity contribution is 5.96. The molecule has 1 aromatic carbocycles. The normalized spacial score (nSPS) is 15.3. The Labute approximate surface area is 199 Å². The van der Waals surface area contributed by atoms with Crippen molar-refractivity contribution in [1.29, 1.82) is 0 Å². The van der Waals surface area contributed by atoms with Gasteiger partial charge in [0.25, 0.3) is 0 Å². The van der Waals surface area contributed by atoms with Gasteiger partial charge in [-0.05, 0) is 45.2 Å². The number of para-hydroxylation sites is 1. The molecule has 4 amide bonds. The maximum atomic E-state index is 12.8. The Balaban J connectivity index is 2.90. The third-order valence-electron chi connectivity index (χ3n) is 4.74. The summed E-state index contributed by atoms with van der Waals surface area (Å²) in [5.74, 6) is -2.27.